The topological polar surface area (TPSA) is 67.2 Å². The Bertz CT molecular complexity index is 934. The number of phenolic OH excluding ortho intramolecular Hbond substituents is 1. The van der Waals surface area contributed by atoms with Crippen LogP contribution in [0.15, 0.2) is 48.8 Å². The van der Waals surface area contributed by atoms with Crippen molar-refractivity contribution >= 4 is 5.91 Å². The molecule has 25 heavy (non-hydrogen) atoms. The number of imidazole rings is 1. The minimum Gasteiger partial charge on any atom is -0.507 e. The van der Waals surface area contributed by atoms with Gasteiger partial charge in [0.15, 0.2) is 0 Å². The van der Waals surface area contributed by atoms with Gasteiger partial charge in [0, 0.05) is 18.9 Å². The smallest absolute Gasteiger partial charge is 0.255 e. The van der Waals surface area contributed by atoms with Crippen LogP contribution in [0.3, 0.4) is 0 Å². The molecule has 0 spiro atoms. The molecule has 0 aliphatic rings. The first-order valence-corrected chi connectivity index (χ1v) is 7.82. The minimum absolute atomic E-state index is 0.0744. The van der Waals surface area contributed by atoms with Crippen LogP contribution < -0.4 is 5.32 Å². The molecule has 5 nitrogen and oxygen atoms in total. The molecule has 2 N–H and O–H groups in total. The van der Waals surface area contributed by atoms with Crippen molar-refractivity contribution in [1.29, 1.82) is 0 Å². The molecule has 0 unspecified atom stereocenters. The van der Waals surface area contributed by atoms with Crippen molar-refractivity contribution in [1.82, 2.24) is 14.9 Å². The van der Waals surface area contributed by atoms with Gasteiger partial charge in [-0.2, -0.15) is 0 Å². The van der Waals surface area contributed by atoms with E-state index in [0.29, 0.717) is 17.1 Å². The molecule has 1 heterocycles. The van der Waals surface area contributed by atoms with Crippen LogP contribution in [0, 0.1) is 19.7 Å². The zero-order valence-corrected chi connectivity index (χ0v) is 14.0. The number of nitrogens with one attached hydrogen (secondary N) is 1. The molecule has 0 radical (unpaired) electrons. The molecule has 3 aromatic rings. The molecule has 3 rings (SSSR count). The molecule has 6 heteroatoms. The van der Waals surface area contributed by atoms with E-state index in [2.05, 4.69) is 10.3 Å². The molecule has 0 fully saturated rings. The molecule has 0 saturated carbocycles. The molecule has 0 atom stereocenters. The quantitative estimate of drug-likeness (QED) is 0.767. The van der Waals surface area contributed by atoms with Gasteiger partial charge in [0.05, 0.1) is 11.3 Å². The Hall–Kier alpha value is -3.15. The van der Waals surface area contributed by atoms with E-state index in [1.54, 1.807) is 48.1 Å². The summed E-state index contributed by atoms with van der Waals surface area (Å²) in [5, 5.41) is 12.5. The van der Waals surface area contributed by atoms with Gasteiger partial charge in [-0.05, 0) is 49.2 Å². The van der Waals surface area contributed by atoms with E-state index in [0.717, 1.165) is 5.56 Å². The Morgan fingerprint density at radius 2 is 2.04 bits per heavy atom. The molecule has 128 valence electrons. The van der Waals surface area contributed by atoms with Crippen LogP contribution in [-0.2, 0) is 6.54 Å². The Balaban J connectivity index is 1.72. The van der Waals surface area contributed by atoms with Crippen LogP contribution in [0.5, 0.6) is 5.75 Å². The minimum atomic E-state index is -0.410. The lowest BCUT2D eigenvalue weighted by Gasteiger charge is -2.10. The van der Waals surface area contributed by atoms with Crippen molar-refractivity contribution in [2.75, 3.05) is 0 Å². The van der Waals surface area contributed by atoms with Crippen molar-refractivity contribution in [2.24, 2.45) is 0 Å². The summed E-state index contributed by atoms with van der Waals surface area (Å²) in [5.74, 6) is -0.192. The van der Waals surface area contributed by atoms with Crippen LogP contribution in [0.1, 0.15) is 27.3 Å². The van der Waals surface area contributed by atoms with Gasteiger partial charge >= 0.3 is 0 Å². The molecular formula is C19H18FN3O2. The van der Waals surface area contributed by atoms with Crippen LogP contribution in [-0.4, -0.2) is 20.6 Å². The molecule has 2 aromatic carbocycles. The van der Waals surface area contributed by atoms with E-state index in [9.17, 15) is 14.3 Å². The number of aromatic hydroxyl groups is 1. The number of carbonyl (C=O) groups excluding carboxylic acids is 1. The van der Waals surface area contributed by atoms with Crippen LogP contribution in [0.4, 0.5) is 4.39 Å². The lowest BCUT2D eigenvalue weighted by atomic mass is 10.1. The standard InChI is InChI=1S/C19H18FN3O2/c1-12-3-5-15(18(24)9-12)19(25)22-11-14-4-6-17(16(20)10-14)23-8-7-21-13(23)2/h3-10,24H,11H2,1-2H3,(H,22,25). The van der Waals surface area contributed by atoms with Gasteiger partial charge in [0.1, 0.15) is 17.4 Å². The summed E-state index contributed by atoms with van der Waals surface area (Å²) in [6.07, 6.45) is 3.30. The van der Waals surface area contributed by atoms with E-state index in [1.807, 2.05) is 6.92 Å². The van der Waals surface area contributed by atoms with Gasteiger partial charge in [0.25, 0.3) is 5.91 Å². The summed E-state index contributed by atoms with van der Waals surface area (Å²) in [6.45, 7) is 3.78. The summed E-state index contributed by atoms with van der Waals surface area (Å²) in [5.41, 5.74) is 2.08. The van der Waals surface area contributed by atoms with Crippen molar-refractivity contribution in [2.45, 2.75) is 20.4 Å². The molecule has 1 amide bonds. The number of aromatic nitrogens is 2. The predicted octanol–water partition coefficient (Wildman–Crippen LogP) is 3.26. The number of carbonyl (C=O) groups is 1. The van der Waals surface area contributed by atoms with E-state index < -0.39 is 11.7 Å². The third-order valence-electron chi connectivity index (χ3n) is 3.95. The summed E-state index contributed by atoms with van der Waals surface area (Å²) >= 11 is 0. The number of benzene rings is 2. The Kier molecular flexibility index (Phi) is 4.52. The lowest BCUT2D eigenvalue weighted by Crippen LogP contribution is -2.23. The first kappa shape index (κ1) is 16.7. The summed E-state index contributed by atoms with van der Waals surface area (Å²) in [4.78, 5) is 16.2. The highest BCUT2D eigenvalue weighted by Gasteiger charge is 2.12. The average Bonchev–Trinajstić information content (AvgIpc) is 2.98. The molecule has 0 saturated heterocycles. The van der Waals surface area contributed by atoms with Gasteiger partial charge in [-0.15, -0.1) is 0 Å². The second-order valence-corrected chi connectivity index (χ2v) is 5.83. The Labute approximate surface area is 144 Å². The number of hydrogen-bond donors (Lipinski definition) is 2. The molecule has 0 aliphatic heterocycles. The first-order valence-electron chi connectivity index (χ1n) is 7.82. The van der Waals surface area contributed by atoms with Crippen LogP contribution >= 0.6 is 0 Å². The maximum atomic E-state index is 14.3. The average molecular weight is 339 g/mol. The summed E-state index contributed by atoms with van der Waals surface area (Å²) < 4.78 is 16.0. The largest absolute Gasteiger partial charge is 0.507 e. The van der Waals surface area contributed by atoms with Gasteiger partial charge in [-0.1, -0.05) is 12.1 Å². The first-order chi connectivity index (χ1) is 12.0. The fraction of sp³-hybridized carbons (Fsp3) is 0.158. The monoisotopic (exact) mass is 339 g/mol. The zero-order valence-electron chi connectivity index (χ0n) is 14.0. The van der Waals surface area contributed by atoms with Gasteiger partial charge < -0.3 is 15.0 Å². The number of nitrogens with zero attached hydrogens (tertiary/aromatic N) is 2. The number of phenols is 1. The van der Waals surface area contributed by atoms with E-state index in [4.69, 9.17) is 0 Å². The van der Waals surface area contributed by atoms with E-state index in [1.165, 1.54) is 12.1 Å². The normalized spacial score (nSPS) is 10.7. The van der Waals surface area contributed by atoms with E-state index >= 15 is 0 Å². The zero-order chi connectivity index (χ0) is 18.0. The Morgan fingerprint density at radius 3 is 2.68 bits per heavy atom. The van der Waals surface area contributed by atoms with Crippen molar-refractivity contribution in [3.63, 3.8) is 0 Å². The third-order valence-corrected chi connectivity index (χ3v) is 3.95. The van der Waals surface area contributed by atoms with Gasteiger partial charge in [0.2, 0.25) is 0 Å². The van der Waals surface area contributed by atoms with Crippen LogP contribution in [0.25, 0.3) is 5.69 Å². The highest BCUT2D eigenvalue weighted by molar-refractivity contribution is 5.96. The molecular weight excluding hydrogens is 321 g/mol. The maximum absolute atomic E-state index is 14.3. The highest BCUT2D eigenvalue weighted by atomic mass is 19.1. The fourth-order valence-electron chi connectivity index (χ4n) is 2.60. The highest BCUT2D eigenvalue weighted by Crippen LogP contribution is 2.19. The number of halogens is 1. The fourth-order valence-corrected chi connectivity index (χ4v) is 2.60. The predicted molar refractivity (Wildman–Crippen MR) is 92.3 cm³/mol. The number of amides is 1. The van der Waals surface area contributed by atoms with Gasteiger partial charge in [-0.3, -0.25) is 4.79 Å². The maximum Gasteiger partial charge on any atom is 0.255 e. The van der Waals surface area contributed by atoms with Crippen molar-refractivity contribution in [3.05, 3.63) is 77.1 Å². The summed E-state index contributed by atoms with van der Waals surface area (Å²) in [6, 6.07) is 9.60. The SMILES string of the molecule is Cc1ccc(C(=O)NCc2ccc(-n3ccnc3C)c(F)c2)c(O)c1. The molecule has 1 aromatic heterocycles. The summed E-state index contributed by atoms with van der Waals surface area (Å²) in [7, 11) is 0. The Morgan fingerprint density at radius 1 is 1.24 bits per heavy atom. The van der Waals surface area contributed by atoms with Crippen molar-refractivity contribution in [3.8, 4) is 11.4 Å². The second kappa shape index (κ2) is 6.76. The number of rotatable bonds is 4. The van der Waals surface area contributed by atoms with E-state index in [-0.39, 0.29) is 17.9 Å². The molecule has 0 aliphatic carbocycles. The van der Waals surface area contributed by atoms with Crippen molar-refractivity contribution < 1.29 is 14.3 Å². The van der Waals surface area contributed by atoms with Crippen LogP contribution in [0.2, 0.25) is 0 Å². The third kappa shape index (κ3) is 3.52. The molecule has 0 bridgehead atoms. The second-order valence-electron chi connectivity index (χ2n) is 5.83. The van der Waals surface area contributed by atoms with Gasteiger partial charge in [-0.25, -0.2) is 9.37 Å². The lowest BCUT2D eigenvalue weighted by molar-refractivity contribution is 0.0948. The number of hydrogen-bond acceptors (Lipinski definition) is 3. The number of aryl methyl sites for hydroxylation is 2.